The molecule has 0 aliphatic heterocycles. The van der Waals surface area contributed by atoms with Crippen LogP contribution in [0.5, 0.6) is 0 Å². The topological polar surface area (TPSA) is 237 Å². The van der Waals surface area contributed by atoms with Crippen LogP contribution in [0.15, 0.2) is 24.3 Å². The molecule has 0 aromatic carbocycles. The lowest BCUT2D eigenvalue weighted by atomic mass is 9.99. The van der Waals surface area contributed by atoms with Crippen LogP contribution in [0, 0.1) is 17.8 Å². The molecule has 0 radical (unpaired) electrons. The second-order valence-corrected chi connectivity index (χ2v) is 28.3. The van der Waals surface area contributed by atoms with Gasteiger partial charge in [-0.3, -0.25) is 37.3 Å². The number of hydrogen-bond donors (Lipinski definition) is 3. The van der Waals surface area contributed by atoms with Gasteiger partial charge in [-0.15, -0.1) is 0 Å². The number of aliphatic hydroxyl groups excluding tert-OH is 1. The number of allylic oxidation sites excluding steroid dienone is 4. The molecule has 0 aliphatic rings. The van der Waals surface area contributed by atoms with Crippen molar-refractivity contribution in [1.29, 1.82) is 0 Å². The lowest BCUT2D eigenvalue weighted by Crippen LogP contribution is -2.30. The maximum Gasteiger partial charge on any atom is 0.472 e. The third kappa shape index (κ3) is 61.1. The van der Waals surface area contributed by atoms with E-state index in [1.54, 1.807) is 0 Å². The Morgan fingerprint density at radius 2 is 0.670 bits per heavy atom. The van der Waals surface area contributed by atoms with Crippen molar-refractivity contribution in [1.82, 2.24) is 0 Å². The predicted octanol–water partition coefficient (Wildman–Crippen LogP) is 19.0. The lowest BCUT2D eigenvalue weighted by Gasteiger charge is -2.21. The molecule has 0 aromatic heterocycles. The van der Waals surface area contributed by atoms with E-state index in [9.17, 15) is 43.2 Å². The first-order valence-electron chi connectivity index (χ1n) is 35.2. The van der Waals surface area contributed by atoms with Gasteiger partial charge in [-0.1, -0.05) is 265 Å². The number of rotatable bonds is 65. The second-order valence-electron chi connectivity index (χ2n) is 25.4. The molecule has 3 N–H and O–H groups in total. The van der Waals surface area contributed by atoms with Crippen LogP contribution < -0.4 is 0 Å². The molecule has 0 amide bonds. The highest BCUT2D eigenvalue weighted by atomic mass is 31.2. The van der Waals surface area contributed by atoms with Crippen molar-refractivity contribution in [2.75, 3.05) is 39.6 Å². The third-order valence-corrected chi connectivity index (χ3v) is 17.5. The fourth-order valence-corrected chi connectivity index (χ4v) is 11.4. The van der Waals surface area contributed by atoms with E-state index in [0.29, 0.717) is 31.6 Å². The smallest absolute Gasteiger partial charge is 0.462 e. The molecule has 0 heterocycles. The summed E-state index contributed by atoms with van der Waals surface area (Å²) in [6.45, 7) is 11.7. The number of unbranched alkanes of at least 4 members (excludes halogenated alkanes) is 29. The van der Waals surface area contributed by atoms with Crippen molar-refractivity contribution >= 4 is 39.5 Å². The molecule has 0 saturated carbocycles. The Kier molecular flexibility index (Phi) is 57.9. The van der Waals surface area contributed by atoms with Crippen molar-refractivity contribution in [3.8, 4) is 0 Å². The Balaban J connectivity index is 5.28. The van der Waals surface area contributed by atoms with Gasteiger partial charge in [0.1, 0.15) is 19.3 Å². The van der Waals surface area contributed by atoms with Gasteiger partial charge in [-0.2, -0.15) is 0 Å². The summed E-state index contributed by atoms with van der Waals surface area (Å²) in [5.74, 6) is 0.0225. The summed E-state index contributed by atoms with van der Waals surface area (Å²) < 4.78 is 68.1. The highest BCUT2D eigenvalue weighted by molar-refractivity contribution is 7.47. The molecule has 17 nitrogen and oxygen atoms in total. The van der Waals surface area contributed by atoms with Gasteiger partial charge >= 0.3 is 39.5 Å². The summed E-state index contributed by atoms with van der Waals surface area (Å²) >= 11 is 0. The van der Waals surface area contributed by atoms with Gasteiger partial charge in [0.25, 0.3) is 0 Å². The van der Waals surface area contributed by atoms with Gasteiger partial charge in [0.05, 0.1) is 26.4 Å². The molecule has 88 heavy (non-hydrogen) atoms. The fraction of sp³-hybridized carbons (Fsp3) is 0.884. The number of aliphatic hydroxyl groups is 1. The Hall–Kier alpha value is -2.46. The van der Waals surface area contributed by atoms with Crippen molar-refractivity contribution in [2.45, 2.75) is 336 Å². The number of hydrogen-bond acceptors (Lipinski definition) is 15. The van der Waals surface area contributed by atoms with Crippen LogP contribution in [0.1, 0.15) is 318 Å². The first-order valence-corrected chi connectivity index (χ1v) is 38.2. The quantitative estimate of drug-likeness (QED) is 0.0169. The molecule has 4 unspecified atom stereocenters. The van der Waals surface area contributed by atoms with E-state index in [1.807, 2.05) is 0 Å². The lowest BCUT2D eigenvalue weighted by molar-refractivity contribution is -0.161. The largest absolute Gasteiger partial charge is 0.472 e. The van der Waals surface area contributed by atoms with Gasteiger partial charge in [-0.05, 0) is 69.1 Å². The minimum atomic E-state index is -4.96. The summed E-state index contributed by atoms with van der Waals surface area (Å²) in [6, 6.07) is 0. The van der Waals surface area contributed by atoms with E-state index >= 15 is 0 Å². The summed E-state index contributed by atoms with van der Waals surface area (Å²) in [7, 11) is -9.91. The molecule has 0 aliphatic carbocycles. The standard InChI is InChI=1S/C69H130O17P2/c1-8-10-11-12-13-14-15-16-17-18-19-20-29-36-43-50-66(71)79-56-64(85-68(73)52-45-38-31-24-22-28-35-42-49-62(7)9-2)58-83-87(75,76)81-54-63(70)55-82-88(77,78)84-59-65(86-69(74)53-46-39-32-25-27-34-41-48-61(5)6)57-80-67(72)51-44-37-30-23-21-26-33-40-47-60(3)4/h14-17,60-65,70H,8-13,18-59H2,1-7H3,(H,75,76)(H,77,78)/b15-14-,17-16-/t62?,63?,64-,65-/m1/s1. The summed E-state index contributed by atoms with van der Waals surface area (Å²) in [6.07, 6.45) is 45.4. The number of carbonyl (C=O) groups excluding carboxylic acids is 4. The van der Waals surface area contributed by atoms with Crippen LogP contribution >= 0.6 is 15.6 Å². The highest BCUT2D eigenvalue weighted by Crippen LogP contribution is 2.45. The fourth-order valence-electron chi connectivity index (χ4n) is 9.79. The zero-order valence-corrected chi connectivity index (χ0v) is 58.5. The molecule has 0 spiro atoms. The SMILES string of the molecule is CCCCCC/C=C\C=C/CCCCCCCC(=O)OC[C@H](COP(=O)(O)OCC(O)COP(=O)(O)OC[C@@H](COC(=O)CCCCCCCCCCC(C)C)OC(=O)CCCCCCCCCC(C)C)OC(=O)CCCCCCCCCCC(C)CC. The third-order valence-electron chi connectivity index (χ3n) is 15.6. The number of esters is 4. The molecule has 0 fully saturated rings. The maximum absolute atomic E-state index is 13.0. The van der Waals surface area contributed by atoms with E-state index < -0.39 is 97.5 Å². The maximum atomic E-state index is 13.0. The van der Waals surface area contributed by atoms with Crippen LogP contribution in [0.2, 0.25) is 0 Å². The van der Waals surface area contributed by atoms with Crippen molar-refractivity contribution in [3.63, 3.8) is 0 Å². The van der Waals surface area contributed by atoms with E-state index in [0.717, 1.165) is 121 Å². The van der Waals surface area contributed by atoms with Crippen LogP contribution in [-0.4, -0.2) is 96.7 Å². The van der Waals surface area contributed by atoms with Gasteiger partial charge in [0.15, 0.2) is 12.2 Å². The minimum Gasteiger partial charge on any atom is -0.462 e. The normalized spacial score (nSPS) is 14.7. The number of ether oxygens (including phenoxy) is 4. The van der Waals surface area contributed by atoms with Gasteiger partial charge in [-0.25, -0.2) is 9.13 Å². The number of phosphoric acid groups is 2. The molecule has 0 rings (SSSR count). The molecular formula is C69H130O17P2. The Bertz CT molecular complexity index is 1830. The average Bonchev–Trinajstić information content (AvgIpc) is 3.67. The first-order chi connectivity index (χ1) is 42.3. The van der Waals surface area contributed by atoms with Crippen LogP contribution in [-0.2, 0) is 65.4 Å². The van der Waals surface area contributed by atoms with Gasteiger partial charge < -0.3 is 33.8 Å². The molecule has 0 saturated heterocycles. The molecular weight excluding hydrogens is 1160 g/mol. The van der Waals surface area contributed by atoms with E-state index in [4.69, 9.17) is 37.0 Å². The predicted molar refractivity (Wildman–Crippen MR) is 354 cm³/mol. The van der Waals surface area contributed by atoms with Crippen LogP contribution in [0.4, 0.5) is 0 Å². The Labute approximate surface area is 535 Å². The number of phosphoric ester groups is 2. The molecule has 0 aromatic rings. The van der Waals surface area contributed by atoms with Crippen LogP contribution in [0.25, 0.3) is 0 Å². The van der Waals surface area contributed by atoms with Crippen molar-refractivity contribution < 1.29 is 80.2 Å². The monoisotopic (exact) mass is 1290 g/mol. The zero-order valence-electron chi connectivity index (χ0n) is 56.7. The van der Waals surface area contributed by atoms with Crippen molar-refractivity contribution in [3.05, 3.63) is 24.3 Å². The number of carbonyl (C=O) groups is 4. The zero-order chi connectivity index (χ0) is 65.2. The van der Waals surface area contributed by atoms with Gasteiger partial charge in [0, 0.05) is 25.7 Å². The molecule has 6 atom stereocenters. The first kappa shape index (κ1) is 85.5. The molecule has 0 bridgehead atoms. The molecule has 19 heteroatoms. The van der Waals surface area contributed by atoms with Crippen LogP contribution in [0.3, 0.4) is 0 Å². The second kappa shape index (κ2) is 59.5. The van der Waals surface area contributed by atoms with E-state index in [2.05, 4.69) is 72.8 Å². The average molecular weight is 1290 g/mol. The Morgan fingerprint density at radius 1 is 0.375 bits per heavy atom. The van der Waals surface area contributed by atoms with E-state index in [1.165, 1.54) is 109 Å². The van der Waals surface area contributed by atoms with E-state index in [-0.39, 0.29) is 25.7 Å². The summed E-state index contributed by atoms with van der Waals surface area (Å²) in [5, 5.41) is 10.6. The molecule has 518 valence electrons. The summed E-state index contributed by atoms with van der Waals surface area (Å²) in [5.41, 5.74) is 0. The highest BCUT2D eigenvalue weighted by Gasteiger charge is 2.30. The van der Waals surface area contributed by atoms with Crippen molar-refractivity contribution in [2.24, 2.45) is 17.8 Å². The Morgan fingerprint density at radius 3 is 1.01 bits per heavy atom. The van der Waals surface area contributed by atoms with Gasteiger partial charge in [0.2, 0.25) is 0 Å². The minimum absolute atomic E-state index is 0.0975. The summed E-state index contributed by atoms with van der Waals surface area (Å²) in [4.78, 5) is 72.4.